The van der Waals surface area contributed by atoms with Crippen LogP contribution in [0, 0.1) is 5.92 Å². The van der Waals surface area contributed by atoms with Crippen molar-refractivity contribution >= 4 is 22.8 Å². The first-order valence-electron chi connectivity index (χ1n) is 12.2. The normalized spacial score (nSPS) is 26.5. The molecule has 5 rings (SSSR count). The SMILES string of the molecule is CC(C)C(=O)Nc1ncnc2c1ccn2C1CCC(CN2CCCC23CCN(C)CC3)O1. The summed E-state index contributed by atoms with van der Waals surface area (Å²) < 4.78 is 8.66. The number of ether oxygens (including phenoxy) is 1. The predicted molar refractivity (Wildman–Crippen MR) is 124 cm³/mol. The zero-order valence-corrected chi connectivity index (χ0v) is 19.6. The van der Waals surface area contributed by atoms with E-state index in [1.807, 2.05) is 26.1 Å². The van der Waals surface area contributed by atoms with Gasteiger partial charge in [0, 0.05) is 24.2 Å². The highest BCUT2D eigenvalue weighted by Gasteiger charge is 2.44. The molecule has 174 valence electrons. The van der Waals surface area contributed by atoms with Crippen LogP contribution in [0.15, 0.2) is 18.6 Å². The summed E-state index contributed by atoms with van der Waals surface area (Å²) in [7, 11) is 2.24. The van der Waals surface area contributed by atoms with Gasteiger partial charge in [-0.3, -0.25) is 9.69 Å². The smallest absolute Gasteiger partial charge is 0.228 e. The molecule has 2 unspecified atom stereocenters. The molecule has 3 aliphatic rings. The Morgan fingerprint density at radius 3 is 2.81 bits per heavy atom. The van der Waals surface area contributed by atoms with E-state index in [-0.39, 0.29) is 24.2 Å². The largest absolute Gasteiger partial charge is 0.353 e. The summed E-state index contributed by atoms with van der Waals surface area (Å²) in [6.07, 6.45) is 11.0. The number of carbonyl (C=O) groups is 1. The molecule has 3 aliphatic heterocycles. The molecule has 0 aromatic carbocycles. The van der Waals surface area contributed by atoms with Crippen LogP contribution in [0.5, 0.6) is 0 Å². The Morgan fingerprint density at radius 1 is 1.22 bits per heavy atom. The van der Waals surface area contributed by atoms with E-state index in [2.05, 4.69) is 36.7 Å². The average Bonchev–Trinajstić information content (AvgIpc) is 3.50. The van der Waals surface area contributed by atoms with E-state index in [9.17, 15) is 4.79 Å². The number of amides is 1. The molecule has 1 N–H and O–H groups in total. The molecule has 2 atom stereocenters. The van der Waals surface area contributed by atoms with Crippen molar-refractivity contribution < 1.29 is 9.53 Å². The molecular weight excluding hydrogens is 404 g/mol. The maximum absolute atomic E-state index is 12.2. The number of likely N-dealkylation sites (tertiary alicyclic amines) is 2. The first-order chi connectivity index (χ1) is 15.4. The summed E-state index contributed by atoms with van der Waals surface area (Å²) in [5.41, 5.74) is 1.21. The molecule has 1 amide bonds. The second-order valence-corrected chi connectivity index (χ2v) is 10.2. The second-order valence-electron chi connectivity index (χ2n) is 10.2. The highest BCUT2D eigenvalue weighted by molar-refractivity contribution is 5.99. The van der Waals surface area contributed by atoms with Crippen molar-refractivity contribution in [1.82, 2.24) is 24.3 Å². The minimum absolute atomic E-state index is 0.0166. The molecule has 2 aromatic rings. The van der Waals surface area contributed by atoms with Crippen molar-refractivity contribution in [3.63, 3.8) is 0 Å². The zero-order valence-electron chi connectivity index (χ0n) is 19.6. The summed E-state index contributed by atoms with van der Waals surface area (Å²) in [5, 5.41) is 3.79. The van der Waals surface area contributed by atoms with E-state index in [4.69, 9.17) is 4.74 Å². The maximum Gasteiger partial charge on any atom is 0.228 e. The van der Waals surface area contributed by atoms with Gasteiger partial charge in [-0.25, -0.2) is 9.97 Å². The number of carbonyl (C=O) groups excluding carboxylic acids is 1. The number of fused-ring (bicyclic) bond motifs is 1. The van der Waals surface area contributed by atoms with Crippen LogP contribution in [0.3, 0.4) is 0 Å². The monoisotopic (exact) mass is 440 g/mol. The van der Waals surface area contributed by atoms with Crippen LogP contribution in [0.2, 0.25) is 0 Å². The van der Waals surface area contributed by atoms with Gasteiger partial charge in [0.2, 0.25) is 5.91 Å². The number of piperidine rings is 1. The van der Waals surface area contributed by atoms with Crippen LogP contribution in [0.1, 0.15) is 58.6 Å². The van der Waals surface area contributed by atoms with Crippen molar-refractivity contribution in [2.24, 2.45) is 5.92 Å². The zero-order chi connectivity index (χ0) is 22.3. The third-order valence-corrected chi connectivity index (χ3v) is 7.75. The van der Waals surface area contributed by atoms with Crippen LogP contribution in [-0.4, -0.2) is 75.1 Å². The van der Waals surface area contributed by atoms with Gasteiger partial charge in [0.05, 0.1) is 11.5 Å². The number of nitrogens with one attached hydrogen (secondary N) is 1. The molecule has 0 radical (unpaired) electrons. The molecule has 3 saturated heterocycles. The maximum atomic E-state index is 12.2. The van der Waals surface area contributed by atoms with Gasteiger partial charge < -0.3 is 19.5 Å². The summed E-state index contributed by atoms with van der Waals surface area (Å²) >= 11 is 0. The minimum atomic E-state index is -0.0977. The molecule has 8 nitrogen and oxygen atoms in total. The van der Waals surface area contributed by atoms with E-state index in [0.29, 0.717) is 11.4 Å². The Labute approximate surface area is 190 Å². The molecule has 1 spiro atoms. The molecule has 3 fully saturated rings. The van der Waals surface area contributed by atoms with Crippen LogP contribution < -0.4 is 5.32 Å². The summed E-state index contributed by atoms with van der Waals surface area (Å²) in [6.45, 7) is 8.39. The fraction of sp³-hybridized carbons (Fsp3) is 0.708. The van der Waals surface area contributed by atoms with Gasteiger partial charge in [0.25, 0.3) is 0 Å². The Hall–Kier alpha value is -2.03. The van der Waals surface area contributed by atoms with Crippen LogP contribution in [0.25, 0.3) is 11.0 Å². The highest BCUT2D eigenvalue weighted by Crippen LogP contribution is 2.40. The molecule has 5 heterocycles. The number of anilines is 1. The van der Waals surface area contributed by atoms with Gasteiger partial charge >= 0.3 is 0 Å². The van der Waals surface area contributed by atoms with Gasteiger partial charge in [-0.2, -0.15) is 0 Å². The predicted octanol–water partition coefficient (Wildman–Crippen LogP) is 3.26. The minimum Gasteiger partial charge on any atom is -0.353 e. The Bertz CT molecular complexity index is 965. The molecule has 32 heavy (non-hydrogen) atoms. The van der Waals surface area contributed by atoms with E-state index in [1.165, 1.54) is 51.6 Å². The summed E-state index contributed by atoms with van der Waals surface area (Å²) in [5.74, 6) is 0.436. The van der Waals surface area contributed by atoms with Crippen LogP contribution >= 0.6 is 0 Å². The fourth-order valence-corrected chi connectivity index (χ4v) is 5.72. The van der Waals surface area contributed by atoms with Crippen molar-refractivity contribution in [3.8, 4) is 0 Å². The lowest BCUT2D eigenvalue weighted by atomic mass is 9.85. The van der Waals surface area contributed by atoms with Crippen molar-refractivity contribution in [3.05, 3.63) is 18.6 Å². The third kappa shape index (κ3) is 4.04. The quantitative estimate of drug-likeness (QED) is 0.769. The van der Waals surface area contributed by atoms with Gasteiger partial charge in [0.15, 0.2) is 0 Å². The van der Waals surface area contributed by atoms with Gasteiger partial charge in [-0.05, 0) is 71.3 Å². The Morgan fingerprint density at radius 2 is 2.03 bits per heavy atom. The van der Waals surface area contributed by atoms with E-state index < -0.39 is 0 Å². The number of aromatic nitrogens is 3. The van der Waals surface area contributed by atoms with Gasteiger partial charge in [0.1, 0.15) is 24.0 Å². The Kier molecular flexibility index (Phi) is 5.94. The van der Waals surface area contributed by atoms with E-state index in [0.717, 1.165) is 30.4 Å². The highest BCUT2D eigenvalue weighted by atomic mass is 16.5. The standard InChI is InChI=1S/C24H36N6O2/c1-17(2)23(31)27-21-19-7-12-30(22(19)26-16-25-21)20-6-5-18(32-20)15-29-11-4-8-24(29)9-13-28(3)14-10-24/h7,12,16-18,20H,4-6,8-11,13-15H2,1-3H3,(H,25,26,27,31). The first-order valence-corrected chi connectivity index (χ1v) is 12.2. The average molecular weight is 441 g/mol. The van der Waals surface area contributed by atoms with Gasteiger partial charge in [-0.1, -0.05) is 13.8 Å². The Balaban J connectivity index is 1.27. The molecule has 8 heteroatoms. The molecule has 2 aromatic heterocycles. The molecule has 0 aliphatic carbocycles. The molecule has 0 bridgehead atoms. The lowest BCUT2D eigenvalue weighted by Crippen LogP contribution is -2.53. The van der Waals surface area contributed by atoms with Gasteiger partial charge in [-0.15, -0.1) is 0 Å². The summed E-state index contributed by atoms with van der Waals surface area (Å²) in [4.78, 5) is 26.2. The fourth-order valence-electron chi connectivity index (χ4n) is 5.72. The number of hydrogen-bond donors (Lipinski definition) is 1. The van der Waals surface area contributed by atoms with Crippen LogP contribution in [-0.2, 0) is 9.53 Å². The third-order valence-electron chi connectivity index (χ3n) is 7.75. The molecule has 0 saturated carbocycles. The lowest BCUT2D eigenvalue weighted by molar-refractivity contribution is -0.118. The van der Waals surface area contributed by atoms with Crippen molar-refractivity contribution in [1.29, 1.82) is 0 Å². The number of hydrogen-bond acceptors (Lipinski definition) is 6. The topological polar surface area (TPSA) is 75.5 Å². The molecular formula is C24H36N6O2. The number of nitrogens with zero attached hydrogens (tertiary/aromatic N) is 5. The van der Waals surface area contributed by atoms with Crippen molar-refractivity contribution in [2.75, 3.05) is 38.5 Å². The van der Waals surface area contributed by atoms with E-state index in [1.54, 1.807) is 0 Å². The van der Waals surface area contributed by atoms with Crippen molar-refractivity contribution in [2.45, 2.75) is 70.2 Å². The first kappa shape index (κ1) is 21.8. The second kappa shape index (κ2) is 8.72. The number of rotatable bonds is 5. The lowest BCUT2D eigenvalue weighted by Gasteiger charge is -2.45. The van der Waals surface area contributed by atoms with Crippen LogP contribution in [0.4, 0.5) is 5.82 Å². The van der Waals surface area contributed by atoms with E-state index >= 15 is 0 Å². The summed E-state index contributed by atoms with van der Waals surface area (Å²) in [6, 6.07) is 1.98.